The van der Waals surface area contributed by atoms with Gasteiger partial charge in [-0.3, -0.25) is 14.3 Å². The first kappa shape index (κ1) is 23.1. The van der Waals surface area contributed by atoms with E-state index < -0.39 is 5.60 Å². The van der Waals surface area contributed by atoms with Crippen molar-refractivity contribution in [2.75, 3.05) is 23.3 Å². The lowest BCUT2D eigenvalue weighted by Gasteiger charge is -2.35. The maximum absolute atomic E-state index is 14.0. The van der Waals surface area contributed by atoms with E-state index in [1.54, 1.807) is 54.1 Å². The molecule has 2 aliphatic rings. The molecule has 1 aliphatic heterocycles. The molecule has 0 bridgehead atoms. The topological polar surface area (TPSA) is 89.6 Å². The highest BCUT2D eigenvalue weighted by atomic mass is 35.5. The third kappa shape index (κ3) is 4.29. The molecule has 35 heavy (non-hydrogen) atoms. The van der Waals surface area contributed by atoms with E-state index in [9.17, 15) is 9.18 Å². The van der Waals surface area contributed by atoms with Crippen LogP contribution in [-0.4, -0.2) is 48.9 Å². The lowest BCUT2D eigenvalue weighted by molar-refractivity contribution is 0.0148. The van der Waals surface area contributed by atoms with Gasteiger partial charge >= 0.3 is 6.09 Å². The summed E-state index contributed by atoms with van der Waals surface area (Å²) in [6.45, 7) is 1.29. The smallest absolute Gasteiger partial charge is 0.416 e. The number of nitrogens with zero attached hydrogens (tertiary/aromatic N) is 6. The van der Waals surface area contributed by atoms with E-state index in [1.165, 1.54) is 10.7 Å². The van der Waals surface area contributed by atoms with Crippen LogP contribution in [-0.2, 0) is 4.74 Å². The molecule has 1 saturated carbocycles. The van der Waals surface area contributed by atoms with Gasteiger partial charge < -0.3 is 10.1 Å². The largest absolute Gasteiger partial charge is 0.441 e. The summed E-state index contributed by atoms with van der Waals surface area (Å²) < 4.78 is 23.3. The Morgan fingerprint density at radius 3 is 2.80 bits per heavy atom. The third-order valence-corrected chi connectivity index (χ3v) is 6.82. The number of halogens is 2. The van der Waals surface area contributed by atoms with Crippen LogP contribution in [0.5, 0.6) is 0 Å². The van der Waals surface area contributed by atoms with E-state index >= 15 is 0 Å². The Bertz CT molecular complexity index is 1350. The van der Waals surface area contributed by atoms with Crippen LogP contribution in [0.1, 0.15) is 25.7 Å². The average Bonchev–Trinajstić information content (AvgIpc) is 3.57. The Hall–Kier alpha value is -3.66. The van der Waals surface area contributed by atoms with Gasteiger partial charge in [-0.1, -0.05) is 12.1 Å². The van der Waals surface area contributed by atoms with E-state index in [-0.39, 0.29) is 24.3 Å². The van der Waals surface area contributed by atoms with E-state index in [0.29, 0.717) is 35.4 Å². The quantitative estimate of drug-likeness (QED) is 0.437. The van der Waals surface area contributed by atoms with Gasteiger partial charge in [0.2, 0.25) is 0 Å². The first-order valence-corrected chi connectivity index (χ1v) is 11.4. The van der Waals surface area contributed by atoms with Crippen LogP contribution in [0.3, 0.4) is 0 Å². The molecule has 6 rings (SSSR count). The molecular weight excluding hydrogens is 473 g/mol. The highest BCUT2D eigenvalue weighted by molar-refractivity contribution is 5.89. The van der Waals surface area contributed by atoms with Crippen molar-refractivity contribution in [1.29, 1.82) is 0 Å². The van der Waals surface area contributed by atoms with Crippen LogP contribution < -0.4 is 10.2 Å². The number of aromatic nitrogens is 5. The summed E-state index contributed by atoms with van der Waals surface area (Å²) in [6.07, 6.45) is 11.8. The first-order chi connectivity index (χ1) is 16.6. The van der Waals surface area contributed by atoms with Crippen molar-refractivity contribution in [3.05, 3.63) is 67.1 Å². The van der Waals surface area contributed by atoms with E-state index in [4.69, 9.17) is 4.74 Å². The number of hydrogen-bond donors (Lipinski definition) is 1. The number of anilines is 2. The number of imidazole rings is 1. The Kier molecular flexibility index (Phi) is 6.06. The summed E-state index contributed by atoms with van der Waals surface area (Å²) in [5.74, 6) is 1.55. The van der Waals surface area contributed by atoms with Crippen molar-refractivity contribution >= 4 is 35.8 Å². The van der Waals surface area contributed by atoms with Crippen molar-refractivity contribution in [2.45, 2.75) is 31.3 Å². The van der Waals surface area contributed by atoms with E-state index in [2.05, 4.69) is 20.4 Å². The van der Waals surface area contributed by atoms with Crippen molar-refractivity contribution in [3.63, 3.8) is 0 Å². The summed E-state index contributed by atoms with van der Waals surface area (Å²) in [4.78, 5) is 22.8. The molecular formula is C24H25ClFN7O2. The lowest BCUT2D eigenvalue weighted by Crippen LogP contribution is -2.39. The SMILES string of the molecule is Cl.O=C1OC2(CCC(CNc3ccn(-c4ccccc4F)n3)CC2)CN1c1cnc2cnccn12. The zero-order chi connectivity index (χ0) is 23.1. The number of fused-ring (bicyclic) bond motifs is 1. The predicted molar refractivity (Wildman–Crippen MR) is 131 cm³/mol. The predicted octanol–water partition coefficient (Wildman–Crippen LogP) is 4.47. The van der Waals surface area contributed by atoms with Crippen molar-refractivity contribution < 1.29 is 13.9 Å². The second kappa shape index (κ2) is 9.18. The molecule has 1 N–H and O–H groups in total. The van der Waals surface area contributed by atoms with Crippen LogP contribution in [0, 0.1) is 11.7 Å². The molecule has 4 heterocycles. The summed E-state index contributed by atoms with van der Waals surface area (Å²) >= 11 is 0. The standard InChI is InChI=1S/C24H24FN7O2.ClH/c25-18-3-1-2-4-19(18)32-11-7-20(29-32)27-13-17-5-8-24(9-6-17)16-31(23(33)34-24)22-15-28-21-14-26-10-12-30(21)22;/h1-4,7,10-12,14-15,17H,5-6,8-9,13,16H2,(H,27,29);1H. The zero-order valence-corrected chi connectivity index (χ0v) is 19.7. The number of hydrogen-bond acceptors (Lipinski definition) is 6. The second-order valence-electron chi connectivity index (χ2n) is 8.98. The van der Waals surface area contributed by atoms with Crippen LogP contribution in [0.15, 0.2) is 61.3 Å². The van der Waals surface area contributed by atoms with E-state index in [1.807, 2.05) is 10.5 Å². The summed E-state index contributed by atoms with van der Waals surface area (Å²) in [6, 6.07) is 8.41. The average molecular weight is 498 g/mol. The van der Waals surface area contributed by atoms with Crippen LogP contribution in [0.25, 0.3) is 11.3 Å². The molecule has 1 spiro atoms. The molecule has 1 aromatic carbocycles. The first-order valence-electron chi connectivity index (χ1n) is 11.4. The second-order valence-corrected chi connectivity index (χ2v) is 8.98. The fraction of sp³-hybridized carbons (Fsp3) is 0.333. The van der Waals surface area contributed by atoms with Crippen LogP contribution >= 0.6 is 12.4 Å². The number of amides is 1. The summed E-state index contributed by atoms with van der Waals surface area (Å²) in [5, 5.41) is 7.82. The van der Waals surface area contributed by atoms with Gasteiger partial charge in [0.25, 0.3) is 0 Å². The maximum atomic E-state index is 14.0. The molecule has 1 amide bonds. The minimum Gasteiger partial charge on any atom is -0.441 e. The Morgan fingerprint density at radius 1 is 1.14 bits per heavy atom. The van der Waals surface area contributed by atoms with Gasteiger partial charge in [-0.2, -0.15) is 5.10 Å². The molecule has 3 aromatic heterocycles. The normalized spacial score (nSPS) is 21.8. The summed E-state index contributed by atoms with van der Waals surface area (Å²) in [7, 11) is 0. The number of rotatable bonds is 5. The molecule has 1 aliphatic carbocycles. The van der Waals surface area contributed by atoms with Gasteiger partial charge in [0, 0.05) is 31.2 Å². The highest BCUT2D eigenvalue weighted by Gasteiger charge is 2.48. The number of nitrogens with one attached hydrogen (secondary N) is 1. The van der Waals surface area contributed by atoms with Gasteiger partial charge in [0.05, 0.1) is 18.9 Å². The third-order valence-electron chi connectivity index (χ3n) is 6.82. The number of carbonyl (C=O) groups excluding carboxylic acids is 1. The Labute approximate surface area is 207 Å². The minimum absolute atomic E-state index is 0. The Morgan fingerprint density at radius 2 is 1.97 bits per heavy atom. The zero-order valence-electron chi connectivity index (χ0n) is 18.9. The van der Waals surface area contributed by atoms with Gasteiger partial charge in [-0.15, -0.1) is 12.4 Å². The molecule has 0 atom stereocenters. The van der Waals surface area contributed by atoms with Gasteiger partial charge in [0.1, 0.15) is 28.7 Å². The fourth-order valence-corrected chi connectivity index (χ4v) is 4.94. The number of carbonyl (C=O) groups is 1. The Balaban J connectivity index is 0.00000253. The van der Waals surface area contributed by atoms with Crippen LogP contribution in [0.2, 0.25) is 0 Å². The lowest BCUT2D eigenvalue weighted by atomic mass is 9.78. The molecule has 0 radical (unpaired) electrons. The van der Waals surface area contributed by atoms with Crippen molar-refractivity contribution in [1.82, 2.24) is 24.1 Å². The monoisotopic (exact) mass is 497 g/mol. The maximum Gasteiger partial charge on any atom is 0.416 e. The van der Waals surface area contributed by atoms with Crippen molar-refractivity contribution in [3.8, 4) is 5.69 Å². The number of para-hydroxylation sites is 1. The minimum atomic E-state index is -0.461. The fourth-order valence-electron chi connectivity index (χ4n) is 4.94. The van der Waals surface area contributed by atoms with Gasteiger partial charge in [-0.05, 0) is 43.7 Å². The van der Waals surface area contributed by atoms with E-state index in [0.717, 1.165) is 32.2 Å². The highest BCUT2D eigenvalue weighted by Crippen LogP contribution is 2.40. The number of ether oxygens (including phenoxy) is 1. The summed E-state index contributed by atoms with van der Waals surface area (Å²) in [5.41, 5.74) is 0.653. The molecule has 9 nitrogen and oxygen atoms in total. The molecule has 0 unspecified atom stereocenters. The van der Waals surface area contributed by atoms with Gasteiger partial charge in [0.15, 0.2) is 5.65 Å². The van der Waals surface area contributed by atoms with Crippen molar-refractivity contribution in [2.24, 2.45) is 5.92 Å². The molecule has 182 valence electrons. The number of benzene rings is 1. The van der Waals surface area contributed by atoms with Gasteiger partial charge in [-0.25, -0.2) is 18.9 Å². The molecule has 2 fully saturated rings. The van der Waals surface area contributed by atoms with Crippen LogP contribution in [0.4, 0.5) is 20.8 Å². The molecule has 11 heteroatoms. The molecule has 4 aromatic rings. The molecule has 1 saturated heterocycles.